The molecule has 0 radical (unpaired) electrons. The maximum Gasteiger partial charge on any atom is 0.0945 e. The third kappa shape index (κ3) is 4.30. The van der Waals surface area contributed by atoms with Crippen molar-refractivity contribution >= 4 is 0 Å². The predicted octanol–water partition coefficient (Wildman–Crippen LogP) is 1.01. The highest BCUT2D eigenvalue weighted by Crippen LogP contribution is 2.18. The van der Waals surface area contributed by atoms with Crippen molar-refractivity contribution in [3.63, 3.8) is 0 Å². The van der Waals surface area contributed by atoms with Gasteiger partial charge in [-0.25, -0.2) is 4.98 Å². The lowest BCUT2D eigenvalue weighted by molar-refractivity contribution is 0.130. The Kier molecular flexibility index (Phi) is 5.82. The normalized spacial score (nSPS) is 20.8. The molecular weight excluding hydrogens is 240 g/mol. The molecule has 1 unspecified atom stereocenters. The summed E-state index contributed by atoms with van der Waals surface area (Å²) in [4.78, 5) is 6.79. The number of hydrogen-bond donors (Lipinski definition) is 1. The zero-order valence-electron chi connectivity index (χ0n) is 12.1. The molecule has 1 aromatic rings. The van der Waals surface area contributed by atoms with Gasteiger partial charge >= 0.3 is 0 Å². The number of rotatable bonds is 7. The van der Waals surface area contributed by atoms with Crippen LogP contribution in [-0.4, -0.2) is 53.8 Å². The number of piperidine rings is 1. The maximum absolute atomic E-state index is 5.07. The number of nitrogens with one attached hydrogen (secondary N) is 1. The van der Waals surface area contributed by atoms with Crippen LogP contribution in [0.25, 0.3) is 0 Å². The second-order valence-electron chi connectivity index (χ2n) is 5.31. The summed E-state index contributed by atoms with van der Waals surface area (Å²) < 4.78 is 7.19. The van der Waals surface area contributed by atoms with Crippen molar-refractivity contribution in [1.82, 2.24) is 19.8 Å². The van der Waals surface area contributed by atoms with E-state index < -0.39 is 0 Å². The van der Waals surface area contributed by atoms with Crippen molar-refractivity contribution in [3.05, 3.63) is 18.2 Å². The molecule has 19 heavy (non-hydrogen) atoms. The Hall–Kier alpha value is -0.910. The molecule has 1 aromatic heterocycles. The van der Waals surface area contributed by atoms with E-state index in [0.29, 0.717) is 6.04 Å². The van der Waals surface area contributed by atoms with Crippen LogP contribution in [0.1, 0.15) is 25.0 Å². The minimum Gasteiger partial charge on any atom is -0.383 e. The van der Waals surface area contributed by atoms with Gasteiger partial charge in [0.1, 0.15) is 0 Å². The third-order valence-electron chi connectivity index (χ3n) is 3.89. The Morgan fingerprint density at radius 3 is 3.11 bits per heavy atom. The fourth-order valence-corrected chi connectivity index (χ4v) is 2.69. The van der Waals surface area contributed by atoms with E-state index in [1.54, 1.807) is 7.11 Å². The first-order chi connectivity index (χ1) is 9.31. The molecule has 1 aliphatic heterocycles. The van der Waals surface area contributed by atoms with Gasteiger partial charge in [0.25, 0.3) is 0 Å². The van der Waals surface area contributed by atoms with Gasteiger partial charge in [0.05, 0.1) is 18.6 Å². The molecule has 0 aliphatic carbocycles. The number of likely N-dealkylation sites (tertiary alicyclic amines) is 1. The highest BCUT2D eigenvalue weighted by molar-refractivity contribution is 4.98. The number of aryl methyl sites for hydroxylation is 1. The third-order valence-corrected chi connectivity index (χ3v) is 3.89. The molecule has 5 heteroatoms. The molecule has 108 valence electrons. The lowest BCUT2D eigenvalue weighted by Crippen LogP contribution is -2.45. The number of nitrogens with zero attached hydrogens (tertiary/aromatic N) is 3. The van der Waals surface area contributed by atoms with Gasteiger partial charge in [-0.2, -0.15) is 0 Å². The van der Waals surface area contributed by atoms with Crippen LogP contribution < -0.4 is 5.32 Å². The second kappa shape index (κ2) is 7.62. The van der Waals surface area contributed by atoms with Crippen LogP contribution >= 0.6 is 0 Å². The van der Waals surface area contributed by atoms with E-state index in [-0.39, 0.29) is 0 Å². The molecule has 2 rings (SSSR count). The average molecular weight is 266 g/mol. The first kappa shape index (κ1) is 14.5. The van der Waals surface area contributed by atoms with E-state index in [9.17, 15) is 0 Å². The minimum atomic E-state index is 0.639. The predicted molar refractivity (Wildman–Crippen MR) is 76.0 cm³/mol. The average Bonchev–Trinajstić information content (AvgIpc) is 2.82. The molecule has 1 N–H and O–H groups in total. The van der Waals surface area contributed by atoms with Crippen molar-refractivity contribution in [2.24, 2.45) is 7.05 Å². The van der Waals surface area contributed by atoms with Gasteiger partial charge in [-0.05, 0) is 19.4 Å². The van der Waals surface area contributed by atoms with E-state index in [0.717, 1.165) is 26.2 Å². The minimum absolute atomic E-state index is 0.639. The molecule has 0 aromatic carbocycles. The molecule has 0 spiro atoms. The zero-order valence-corrected chi connectivity index (χ0v) is 12.1. The number of hydrogen-bond acceptors (Lipinski definition) is 4. The molecule has 5 nitrogen and oxygen atoms in total. The van der Waals surface area contributed by atoms with E-state index in [2.05, 4.69) is 26.8 Å². The lowest BCUT2D eigenvalue weighted by Gasteiger charge is -2.35. The summed E-state index contributed by atoms with van der Waals surface area (Å²) in [5.74, 6) is 0. The Balaban J connectivity index is 1.83. The molecule has 2 heterocycles. The molecule has 0 amide bonds. The van der Waals surface area contributed by atoms with E-state index in [1.807, 2.05) is 12.5 Å². The van der Waals surface area contributed by atoms with Gasteiger partial charge in [0, 0.05) is 46.0 Å². The monoisotopic (exact) mass is 266 g/mol. The van der Waals surface area contributed by atoms with Crippen LogP contribution in [0.5, 0.6) is 0 Å². The molecule has 1 saturated heterocycles. The van der Waals surface area contributed by atoms with E-state index in [4.69, 9.17) is 4.74 Å². The standard InChI is InChI=1S/C14H26N4O/c1-17-12-16-10-14(17)11-18-7-4-3-5-13(18)9-15-6-8-19-2/h10,12-13,15H,3-9,11H2,1-2H3. The Bertz CT molecular complexity index is 366. The molecule has 1 fully saturated rings. The van der Waals surface area contributed by atoms with Crippen molar-refractivity contribution < 1.29 is 4.74 Å². The summed E-state index contributed by atoms with van der Waals surface area (Å²) in [5.41, 5.74) is 1.30. The van der Waals surface area contributed by atoms with Crippen LogP contribution in [0.2, 0.25) is 0 Å². The molecule has 0 bridgehead atoms. The van der Waals surface area contributed by atoms with Gasteiger partial charge < -0.3 is 14.6 Å². The Morgan fingerprint density at radius 1 is 1.47 bits per heavy atom. The number of aromatic nitrogens is 2. The van der Waals surface area contributed by atoms with Gasteiger partial charge in [0.15, 0.2) is 0 Å². The Labute approximate surface area is 116 Å². The maximum atomic E-state index is 5.07. The first-order valence-corrected chi connectivity index (χ1v) is 7.20. The summed E-state index contributed by atoms with van der Waals surface area (Å²) in [6.07, 6.45) is 7.80. The molecule has 1 atom stereocenters. The smallest absolute Gasteiger partial charge is 0.0945 e. The van der Waals surface area contributed by atoms with Crippen LogP contribution in [0.15, 0.2) is 12.5 Å². The SMILES string of the molecule is COCCNCC1CCCCN1Cc1cncn1C. The van der Waals surface area contributed by atoms with Crippen LogP contribution in [-0.2, 0) is 18.3 Å². The number of ether oxygens (including phenoxy) is 1. The van der Waals surface area contributed by atoms with Gasteiger partial charge in [-0.15, -0.1) is 0 Å². The molecule has 0 saturated carbocycles. The highest BCUT2D eigenvalue weighted by Gasteiger charge is 2.22. The number of methoxy groups -OCH3 is 1. The zero-order chi connectivity index (χ0) is 13.5. The van der Waals surface area contributed by atoms with Gasteiger partial charge in [-0.1, -0.05) is 6.42 Å². The van der Waals surface area contributed by atoms with Crippen molar-refractivity contribution in [1.29, 1.82) is 0 Å². The quantitative estimate of drug-likeness (QED) is 0.748. The van der Waals surface area contributed by atoms with E-state index in [1.165, 1.54) is 31.5 Å². The number of imidazole rings is 1. The largest absolute Gasteiger partial charge is 0.383 e. The summed E-state index contributed by atoms with van der Waals surface area (Å²) >= 11 is 0. The van der Waals surface area contributed by atoms with Crippen LogP contribution in [0.4, 0.5) is 0 Å². The van der Waals surface area contributed by atoms with Crippen molar-refractivity contribution in [3.8, 4) is 0 Å². The molecular formula is C14H26N4O. The lowest BCUT2D eigenvalue weighted by atomic mass is 10.0. The van der Waals surface area contributed by atoms with Gasteiger partial charge in [-0.3, -0.25) is 4.90 Å². The summed E-state index contributed by atoms with van der Waals surface area (Å²) in [5, 5.41) is 3.49. The molecule has 1 aliphatic rings. The highest BCUT2D eigenvalue weighted by atomic mass is 16.5. The topological polar surface area (TPSA) is 42.3 Å². The van der Waals surface area contributed by atoms with Crippen LogP contribution in [0, 0.1) is 0 Å². The van der Waals surface area contributed by atoms with Gasteiger partial charge in [0.2, 0.25) is 0 Å². The summed E-state index contributed by atoms with van der Waals surface area (Å²) in [6, 6.07) is 0.639. The van der Waals surface area contributed by atoms with Crippen LogP contribution in [0.3, 0.4) is 0 Å². The Morgan fingerprint density at radius 2 is 2.37 bits per heavy atom. The van der Waals surface area contributed by atoms with Crippen molar-refractivity contribution in [2.45, 2.75) is 31.8 Å². The summed E-state index contributed by atoms with van der Waals surface area (Å²) in [6.45, 7) is 4.98. The second-order valence-corrected chi connectivity index (χ2v) is 5.31. The fraction of sp³-hybridized carbons (Fsp3) is 0.786. The summed E-state index contributed by atoms with van der Waals surface area (Å²) in [7, 11) is 3.81. The fourth-order valence-electron chi connectivity index (χ4n) is 2.69. The first-order valence-electron chi connectivity index (χ1n) is 7.20. The van der Waals surface area contributed by atoms with Crippen molar-refractivity contribution in [2.75, 3.05) is 33.4 Å². The van der Waals surface area contributed by atoms with E-state index >= 15 is 0 Å².